The zero-order chi connectivity index (χ0) is 83.0. The second-order valence-corrected chi connectivity index (χ2v) is 37.5. The van der Waals surface area contributed by atoms with E-state index < -0.39 is 185 Å². The molecule has 2 saturated heterocycles. The number of pyridine rings is 2. The number of ketones is 2. The molecule has 2 aromatic heterocycles. The molecule has 12 rings (SSSR count). The van der Waals surface area contributed by atoms with Crippen molar-refractivity contribution in [1.82, 2.24) is 29.2 Å². The molecule has 4 aliphatic heterocycles. The van der Waals surface area contributed by atoms with Gasteiger partial charge in [0.25, 0.3) is 0 Å². The molecule has 4 saturated carbocycles. The Balaban J connectivity index is 0.000000225. The van der Waals surface area contributed by atoms with E-state index in [-0.39, 0.29) is 75.2 Å². The van der Waals surface area contributed by atoms with Gasteiger partial charge < -0.3 is 38.2 Å². The maximum atomic E-state index is 14.8. The number of allylic oxidation sites excluding steroid dienone is 4. The quantitative estimate of drug-likeness (QED) is 0.0472. The van der Waals surface area contributed by atoms with Gasteiger partial charge in [0.15, 0.2) is 11.6 Å². The van der Waals surface area contributed by atoms with Crippen molar-refractivity contribution in [3.8, 4) is 23.3 Å². The zero-order valence-corrected chi connectivity index (χ0v) is 67.6. The number of alkyl halides is 6. The first kappa shape index (κ1) is 86.4. The summed E-state index contributed by atoms with van der Waals surface area (Å²) in [6.45, 7) is 14.7. The van der Waals surface area contributed by atoms with E-state index in [1.165, 1.54) is 22.2 Å². The molecule has 0 unspecified atom stereocenters. The van der Waals surface area contributed by atoms with Crippen LogP contribution in [0, 0.1) is 58.2 Å². The molecule has 114 heavy (non-hydrogen) atoms. The molecule has 0 radical (unpaired) electrons. The Morgan fingerprint density at radius 1 is 0.526 bits per heavy atom. The third-order valence-electron chi connectivity index (χ3n) is 23.8. The number of esters is 2. The van der Waals surface area contributed by atoms with Gasteiger partial charge >= 0.3 is 24.3 Å². The molecule has 14 atom stereocenters. The van der Waals surface area contributed by atoms with E-state index in [2.05, 4.69) is 19.4 Å². The fraction of sp³-hybridized carbons (Fsp3) is 0.634. The van der Waals surface area contributed by atoms with Gasteiger partial charge in [0.2, 0.25) is 66.6 Å². The van der Waals surface area contributed by atoms with E-state index in [0.29, 0.717) is 99.7 Å². The molecule has 8 aliphatic rings. The number of aromatic nitrogens is 2. The van der Waals surface area contributed by atoms with Crippen molar-refractivity contribution in [2.45, 2.75) is 243 Å². The number of fused-ring (bicyclic) bond motifs is 6. The first-order valence-corrected chi connectivity index (χ1v) is 42.6. The van der Waals surface area contributed by atoms with Crippen LogP contribution < -0.4 is 28.4 Å². The van der Waals surface area contributed by atoms with Gasteiger partial charge in [0.05, 0.1) is 96.8 Å². The zero-order valence-electron chi connectivity index (χ0n) is 65.9. The molecular formula is C82H104F6N6O18S2. The van der Waals surface area contributed by atoms with Crippen molar-refractivity contribution < 1.29 is 110 Å². The molecule has 6 fully saturated rings. The molecule has 24 nitrogen and oxygen atoms in total. The van der Waals surface area contributed by atoms with Gasteiger partial charge in [0, 0.05) is 47.2 Å². The third kappa shape index (κ3) is 19.6. The number of halogens is 6. The first-order chi connectivity index (χ1) is 53.5. The predicted octanol–water partition coefficient (Wildman–Crippen LogP) is 12.9. The molecule has 0 spiro atoms. The van der Waals surface area contributed by atoms with Crippen LogP contribution in [0.4, 0.5) is 26.3 Å². The number of hydrogen-bond donors (Lipinski definition) is 2. The highest BCUT2D eigenvalue weighted by molar-refractivity contribution is 7.91. The Morgan fingerprint density at radius 3 is 1.21 bits per heavy atom. The number of rotatable bonds is 20. The average molecular weight is 1640 g/mol. The number of carbonyl (C=O) groups excluding carboxylic acids is 8. The van der Waals surface area contributed by atoms with Crippen LogP contribution in [-0.2, 0) is 67.9 Å². The summed E-state index contributed by atoms with van der Waals surface area (Å²) in [5.74, 6) is -8.73. The Hall–Kier alpha value is -8.42. The molecule has 32 heteroatoms. The molecular weight excluding hydrogens is 1540 g/mol. The molecule has 624 valence electrons. The SMILES string of the molecule is CCOc1cnc(O[C@@H]2C[C@H]3C(=O)C[C@]4(C(=O)NS(=O)(=O)C5CC5)C[C@H]4/C=C\CC[C@@H](C)C[C@@H](C)[C@H](CC(=O)OC(C)(C)C(F)(F)F)C(=O)N3C2)c2ccccc12.CCOc1cnc(O[C@@H]2C[C@H]3C(=O)C[C@]4(C(=O)NS(=O)(=O)C5CC5)C[C@H]4/C=C\CC[C@H](C)C[C@@H](C)[C@H](CC(=O)OC(C)(C)C(F)(F)F)C(=O)N3C2)c2ccccc12. The summed E-state index contributed by atoms with van der Waals surface area (Å²) in [4.78, 5) is 125. The Bertz CT molecular complexity index is 4320. The molecule has 0 bridgehead atoms. The van der Waals surface area contributed by atoms with E-state index in [1.807, 2.05) is 76.3 Å². The second kappa shape index (κ2) is 34.0. The van der Waals surface area contributed by atoms with Crippen molar-refractivity contribution in [1.29, 1.82) is 0 Å². The number of hydrogen-bond acceptors (Lipinski definition) is 20. The van der Waals surface area contributed by atoms with Crippen LogP contribution in [0.25, 0.3) is 21.5 Å². The summed E-state index contributed by atoms with van der Waals surface area (Å²) in [6, 6.07) is 12.3. The summed E-state index contributed by atoms with van der Waals surface area (Å²) < 4.78 is 173. The van der Waals surface area contributed by atoms with Crippen LogP contribution in [0.3, 0.4) is 0 Å². The first-order valence-electron chi connectivity index (χ1n) is 39.6. The number of nitrogens with one attached hydrogen (secondary N) is 2. The molecule has 4 aromatic rings. The normalized spacial score (nSPS) is 29.4. The fourth-order valence-corrected chi connectivity index (χ4v) is 19.2. The Morgan fingerprint density at radius 2 is 0.877 bits per heavy atom. The Kier molecular flexibility index (Phi) is 25.8. The minimum Gasteiger partial charge on any atom is -0.492 e. The number of Topliss-reactive ketones (excluding diaryl/α,β-unsaturated/α-hetero) is 2. The van der Waals surface area contributed by atoms with Crippen LogP contribution in [0.5, 0.6) is 23.3 Å². The number of carbonyl (C=O) groups is 8. The smallest absolute Gasteiger partial charge is 0.427 e. The van der Waals surface area contributed by atoms with Gasteiger partial charge in [-0.05, 0) is 166 Å². The van der Waals surface area contributed by atoms with E-state index >= 15 is 0 Å². The van der Waals surface area contributed by atoms with Crippen molar-refractivity contribution in [2.24, 2.45) is 58.2 Å². The lowest BCUT2D eigenvalue weighted by Crippen LogP contribution is -2.48. The summed E-state index contributed by atoms with van der Waals surface area (Å²) in [7, 11) is -7.86. The lowest BCUT2D eigenvalue weighted by Gasteiger charge is -2.33. The summed E-state index contributed by atoms with van der Waals surface area (Å²) in [5, 5.41) is 1.39. The van der Waals surface area contributed by atoms with Crippen LogP contribution in [-0.4, -0.2) is 168 Å². The van der Waals surface area contributed by atoms with Crippen molar-refractivity contribution >= 4 is 88.7 Å². The van der Waals surface area contributed by atoms with Gasteiger partial charge in [0.1, 0.15) is 23.7 Å². The van der Waals surface area contributed by atoms with E-state index in [4.69, 9.17) is 28.4 Å². The highest BCUT2D eigenvalue weighted by Gasteiger charge is 2.64. The largest absolute Gasteiger partial charge is 0.492 e. The molecule has 4 amide bonds. The highest BCUT2D eigenvalue weighted by Crippen LogP contribution is 2.59. The van der Waals surface area contributed by atoms with Crippen molar-refractivity contribution in [2.75, 3.05) is 26.3 Å². The number of ether oxygens (including phenoxy) is 6. The van der Waals surface area contributed by atoms with Crippen LogP contribution in [0.2, 0.25) is 0 Å². The topological polar surface area (TPSA) is 317 Å². The predicted molar refractivity (Wildman–Crippen MR) is 407 cm³/mol. The Labute approximate surface area is 660 Å². The van der Waals surface area contributed by atoms with Crippen LogP contribution in [0.1, 0.15) is 185 Å². The molecule has 2 aromatic carbocycles. The van der Waals surface area contributed by atoms with Gasteiger partial charge in [-0.2, -0.15) is 26.3 Å². The van der Waals surface area contributed by atoms with Gasteiger partial charge in [-0.1, -0.05) is 88.4 Å². The average Bonchev–Trinajstić information content (AvgIpc) is 1.58. The number of sulfonamides is 2. The van der Waals surface area contributed by atoms with Gasteiger partial charge in [-0.3, -0.25) is 47.8 Å². The lowest BCUT2D eigenvalue weighted by atomic mass is 9.82. The second-order valence-electron chi connectivity index (χ2n) is 33.6. The lowest BCUT2D eigenvalue weighted by molar-refractivity contribution is -0.257. The monoisotopic (exact) mass is 1640 g/mol. The molecule has 4 aliphatic carbocycles. The van der Waals surface area contributed by atoms with Crippen LogP contribution in [0.15, 0.2) is 85.2 Å². The van der Waals surface area contributed by atoms with Crippen molar-refractivity contribution in [3.63, 3.8) is 0 Å². The minimum absolute atomic E-state index is 0.0184. The fourth-order valence-electron chi connectivity index (χ4n) is 16.4. The third-order valence-corrected chi connectivity index (χ3v) is 27.4. The minimum atomic E-state index is -4.86. The molecule has 2 N–H and O–H groups in total. The number of amides is 4. The molecule has 6 heterocycles. The van der Waals surface area contributed by atoms with Gasteiger partial charge in [-0.15, -0.1) is 0 Å². The number of benzene rings is 2. The highest BCUT2D eigenvalue weighted by atomic mass is 32.2. The van der Waals surface area contributed by atoms with E-state index in [0.717, 1.165) is 38.5 Å². The standard InChI is InChI=1S/2C41H52F3N3O9S/c2*1-6-54-34-22-45-36(30-14-10-9-13-29(30)34)55-27-18-32-33(48)21-40(38(51)46-57(52,53)28-15-16-28)20-26(40)12-8-7-11-24(2)17-25(3)31(37(50)47(32)23-27)19-35(49)56-39(4,5)41(42,43)44/h2*8-10,12-14,22,24-28,31-32H,6-7,11,15-21,23H2,1-5H3,(H,46,51)/b2*12-8-/t24-,25+,26+,27+,31-,32-,40+;24-,25-,26-,27-,31+,32+,40-/m01/s1. The maximum Gasteiger partial charge on any atom is 0.427 e. The number of nitrogens with zero attached hydrogens (tertiary/aromatic N) is 4. The summed E-state index contributed by atoms with van der Waals surface area (Å²) in [5.41, 5.74) is -8.34. The summed E-state index contributed by atoms with van der Waals surface area (Å²) >= 11 is 0. The maximum absolute atomic E-state index is 14.8. The van der Waals surface area contributed by atoms with E-state index in [9.17, 15) is 81.5 Å². The van der Waals surface area contributed by atoms with Crippen LogP contribution >= 0.6 is 0 Å². The van der Waals surface area contributed by atoms with Gasteiger partial charge in [-0.25, -0.2) is 26.8 Å². The summed E-state index contributed by atoms with van der Waals surface area (Å²) in [6.07, 6.45) is 2.86. The van der Waals surface area contributed by atoms with E-state index in [1.54, 1.807) is 38.1 Å². The van der Waals surface area contributed by atoms with Crippen molar-refractivity contribution in [3.05, 3.63) is 85.2 Å².